The van der Waals surface area contributed by atoms with Gasteiger partial charge in [0, 0.05) is 22.7 Å². The van der Waals surface area contributed by atoms with Crippen molar-refractivity contribution >= 4 is 33.4 Å². The molecule has 0 radical (unpaired) electrons. The molecule has 31 heavy (non-hydrogen) atoms. The Hall–Kier alpha value is -3.13. The number of nitrogens with zero attached hydrogens (tertiary/aromatic N) is 5. The fraction of sp³-hybridized carbons (Fsp3) is 0.348. The Balaban J connectivity index is 1.45. The topological polar surface area (TPSA) is 85.6 Å². The van der Waals surface area contributed by atoms with Gasteiger partial charge in [-0.25, -0.2) is 15.0 Å². The zero-order chi connectivity index (χ0) is 20.9. The van der Waals surface area contributed by atoms with E-state index in [1.54, 1.807) is 22.2 Å². The number of aromatic nitrogens is 5. The van der Waals surface area contributed by atoms with Crippen LogP contribution in [0.4, 0.5) is 5.13 Å². The Bertz CT molecular complexity index is 1280. The highest BCUT2D eigenvalue weighted by Gasteiger charge is 2.29. The molecule has 1 fully saturated rings. The number of rotatable bonds is 4. The fourth-order valence-corrected chi connectivity index (χ4v) is 5.33. The Morgan fingerprint density at radius 1 is 1.19 bits per heavy atom. The van der Waals surface area contributed by atoms with Gasteiger partial charge in [-0.1, -0.05) is 6.07 Å². The van der Waals surface area contributed by atoms with E-state index in [0.717, 1.165) is 48.2 Å². The van der Waals surface area contributed by atoms with Gasteiger partial charge in [-0.15, -0.1) is 11.3 Å². The van der Waals surface area contributed by atoms with E-state index in [-0.39, 0.29) is 5.91 Å². The average Bonchev–Trinajstić information content (AvgIpc) is 3.48. The van der Waals surface area contributed by atoms with Crippen LogP contribution in [0.1, 0.15) is 63.9 Å². The molecule has 0 unspecified atom stereocenters. The largest absolute Gasteiger partial charge is 0.298 e. The van der Waals surface area contributed by atoms with Gasteiger partial charge in [0.1, 0.15) is 0 Å². The number of hydrogen-bond acceptors (Lipinski definition) is 6. The van der Waals surface area contributed by atoms with Crippen LogP contribution in [0.3, 0.4) is 0 Å². The summed E-state index contributed by atoms with van der Waals surface area (Å²) in [5.74, 6) is 0.958. The molecule has 6 rings (SSSR count). The number of anilines is 1. The third kappa shape index (κ3) is 3.31. The van der Waals surface area contributed by atoms with Crippen molar-refractivity contribution in [3.8, 4) is 5.82 Å². The molecular weight excluding hydrogens is 408 g/mol. The summed E-state index contributed by atoms with van der Waals surface area (Å²) in [6, 6.07) is 7.64. The first-order valence-electron chi connectivity index (χ1n) is 10.8. The van der Waals surface area contributed by atoms with Crippen LogP contribution in [0.5, 0.6) is 0 Å². The Kier molecular flexibility index (Phi) is 4.34. The SMILES string of the molecule is Cc1nn(-c2ccccn2)c2nc(C3CC3)cc(C(=O)Nc3nc4c(s3)CCCC4)c12. The first-order valence-corrected chi connectivity index (χ1v) is 11.6. The van der Waals surface area contributed by atoms with Gasteiger partial charge in [-0.2, -0.15) is 9.78 Å². The molecule has 0 bridgehead atoms. The number of aryl methyl sites for hydroxylation is 3. The quantitative estimate of drug-likeness (QED) is 0.512. The van der Waals surface area contributed by atoms with Crippen molar-refractivity contribution in [2.24, 2.45) is 0 Å². The van der Waals surface area contributed by atoms with E-state index >= 15 is 0 Å². The summed E-state index contributed by atoms with van der Waals surface area (Å²) in [5.41, 5.74) is 4.15. The number of hydrogen-bond donors (Lipinski definition) is 1. The maximum atomic E-state index is 13.4. The van der Waals surface area contributed by atoms with Gasteiger partial charge in [0.25, 0.3) is 5.91 Å². The molecule has 0 atom stereocenters. The van der Waals surface area contributed by atoms with Gasteiger partial charge in [0.15, 0.2) is 16.6 Å². The number of amides is 1. The fourth-order valence-electron chi connectivity index (χ4n) is 4.28. The first-order chi connectivity index (χ1) is 15.2. The molecule has 4 aromatic heterocycles. The van der Waals surface area contributed by atoms with Crippen LogP contribution in [0.15, 0.2) is 30.5 Å². The summed E-state index contributed by atoms with van der Waals surface area (Å²) in [5, 5.41) is 9.20. The molecule has 2 aliphatic rings. The number of nitrogens with one attached hydrogen (secondary N) is 1. The molecule has 4 aromatic rings. The highest BCUT2D eigenvalue weighted by atomic mass is 32.1. The number of carbonyl (C=O) groups is 1. The zero-order valence-electron chi connectivity index (χ0n) is 17.3. The molecule has 0 saturated heterocycles. The van der Waals surface area contributed by atoms with E-state index in [1.807, 2.05) is 31.2 Å². The Labute approximate surface area is 183 Å². The minimum absolute atomic E-state index is 0.149. The molecule has 8 heteroatoms. The van der Waals surface area contributed by atoms with E-state index < -0.39 is 0 Å². The lowest BCUT2D eigenvalue weighted by Crippen LogP contribution is -2.14. The van der Waals surface area contributed by atoms with Crippen molar-refractivity contribution in [3.63, 3.8) is 0 Å². The summed E-state index contributed by atoms with van der Waals surface area (Å²) >= 11 is 1.60. The lowest BCUT2D eigenvalue weighted by molar-refractivity contribution is 0.102. The Morgan fingerprint density at radius 3 is 2.84 bits per heavy atom. The second kappa shape index (κ2) is 7.23. The van der Waals surface area contributed by atoms with Gasteiger partial charge >= 0.3 is 0 Å². The van der Waals surface area contributed by atoms with Crippen molar-refractivity contribution in [2.75, 3.05) is 5.32 Å². The van der Waals surface area contributed by atoms with Crippen molar-refractivity contribution in [2.45, 2.75) is 51.4 Å². The van der Waals surface area contributed by atoms with Crippen LogP contribution in [-0.4, -0.2) is 30.6 Å². The van der Waals surface area contributed by atoms with Crippen LogP contribution < -0.4 is 5.32 Å². The first kappa shape index (κ1) is 18.6. The second-order valence-electron chi connectivity index (χ2n) is 8.30. The third-order valence-corrected chi connectivity index (χ3v) is 7.08. The second-order valence-corrected chi connectivity index (χ2v) is 9.39. The van der Waals surface area contributed by atoms with E-state index in [2.05, 4.69) is 20.4 Å². The van der Waals surface area contributed by atoms with Gasteiger partial charge < -0.3 is 0 Å². The van der Waals surface area contributed by atoms with Gasteiger partial charge in [-0.05, 0) is 63.6 Å². The predicted octanol–water partition coefficient (Wildman–Crippen LogP) is 4.59. The predicted molar refractivity (Wildman–Crippen MR) is 120 cm³/mol. The van der Waals surface area contributed by atoms with Crippen LogP contribution in [0, 0.1) is 6.92 Å². The number of carbonyl (C=O) groups excluding carboxylic acids is 1. The van der Waals surface area contributed by atoms with Crippen molar-refractivity contribution in [3.05, 3.63) is 58.0 Å². The monoisotopic (exact) mass is 430 g/mol. The van der Waals surface area contributed by atoms with Crippen molar-refractivity contribution in [1.29, 1.82) is 0 Å². The minimum Gasteiger partial charge on any atom is -0.298 e. The van der Waals surface area contributed by atoms with Crippen LogP contribution in [0.25, 0.3) is 16.9 Å². The third-order valence-electron chi connectivity index (χ3n) is 6.01. The molecule has 0 aromatic carbocycles. The van der Waals surface area contributed by atoms with Crippen molar-refractivity contribution in [1.82, 2.24) is 24.7 Å². The maximum absolute atomic E-state index is 13.4. The lowest BCUT2D eigenvalue weighted by atomic mass is 10.0. The average molecular weight is 431 g/mol. The van der Waals surface area contributed by atoms with E-state index in [9.17, 15) is 4.79 Å². The van der Waals surface area contributed by atoms with Crippen molar-refractivity contribution < 1.29 is 4.79 Å². The molecule has 1 N–H and O–H groups in total. The van der Waals surface area contributed by atoms with Crippen LogP contribution in [0.2, 0.25) is 0 Å². The molecule has 0 spiro atoms. The van der Waals surface area contributed by atoms with Crippen LogP contribution >= 0.6 is 11.3 Å². The maximum Gasteiger partial charge on any atom is 0.258 e. The van der Waals surface area contributed by atoms with Gasteiger partial charge in [-0.3, -0.25) is 10.1 Å². The van der Waals surface area contributed by atoms with E-state index in [1.165, 1.54) is 17.7 Å². The highest BCUT2D eigenvalue weighted by Crippen LogP contribution is 2.41. The minimum atomic E-state index is -0.149. The molecule has 1 saturated carbocycles. The highest BCUT2D eigenvalue weighted by molar-refractivity contribution is 7.15. The lowest BCUT2D eigenvalue weighted by Gasteiger charge is -2.08. The molecular formula is C23H22N6OS. The Morgan fingerprint density at radius 2 is 2.06 bits per heavy atom. The summed E-state index contributed by atoms with van der Waals surface area (Å²) in [6.45, 7) is 1.92. The van der Waals surface area contributed by atoms with Gasteiger partial charge in [0.2, 0.25) is 0 Å². The van der Waals surface area contributed by atoms with E-state index in [0.29, 0.717) is 28.1 Å². The number of pyridine rings is 2. The molecule has 7 nitrogen and oxygen atoms in total. The van der Waals surface area contributed by atoms with Crippen LogP contribution in [-0.2, 0) is 12.8 Å². The summed E-state index contributed by atoms with van der Waals surface area (Å²) in [7, 11) is 0. The summed E-state index contributed by atoms with van der Waals surface area (Å²) in [4.78, 5) is 28.7. The molecule has 0 aliphatic heterocycles. The molecule has 156 valence electrons. The number of fused-ring (bicyclic) bond motifs is 2. The normalized spacial score (nSPS) is 15.8. The number of thiazole rings is 1. The van der Waals surface area contributed by atoms with E-state index in [4.69, 9.17) is 4.98 Å². The molecule has 4 heterocycles. The molecule has 1 amide bonds. The standard InChI is InChI=1S/C23H22N6OS/c1-13-20-15(22(30)27-23-26-16-6-2-3-7-18(16)31-23)12-17(14-9-10-14)25-21(20)29(28-13)19-8-4-5-11-24-19/h4-5,8,11-12,14H,2-3,6-7,9-10H2,1H3,(H,26,27,30). The summed E-state index contributed by atoms with van der Waals surface area (Å²) in [6.07, 6.45) is 8.38. The molecule has 2 aliphatic carbocycles. The zero-order valence-corrected chi connectivity index (χ0v) is 18.1. The van der Waals surface area contributed by atoms with Gasteiger partial charge in [0.05, 0.1) is 22.3 Å². The summed E-state index contributed by atoms with van der Waals surface area (Å²) < 4.78 is 1.75. The smallest absolute Gasteiger partial charge is 0.258 e.